The van der Waals surface area contributed by atoms with Gasteiger partial charge in [-0.25, -0.2) is 10.2 Å². The number of hydrogen-bond donors (Lipinski definition) is 1. The van der Waals surface area contributed by atoms with E-state index in [-0.39, 0.29) is 6.73 Å². The van der Waals surface area contributed by atoms with E-state index in [1.54, 1.807) is 10.6 Å². The topological polar surface area (TPSA) is 76.3 Å². The van der Waals surface area contributed by atoms with Gasteiger partial charge >= 0.3 is 0 Å². The van der Waals surface area contributed by atoms with Crippen LogP contribution >= 0.6 is 15.9 Å². The maximum Gasteiger partial charge on any atom is 0.217 e. The van der Waals surface area contributed by atoms with Gasteiger partial charge in [0.2, 0.25) is 6.41 Å². The van der Waals surface area contributed by atoms with E-state index in [9.17, 15) is 4.79 Å². The Morgan fingerprint density at radius 2 is 2.37 bits per heavy atom. The summed E-state index contributed by atoms with van der Waals surface area (Å²) in [6.07, 6.45) is 3.04. The van der Waals surface area contributed by atoms with Crippen LogP contribution in [0.25, 0.3) is 5.65 Å². The van der Waals surface area contributed by atoms with Crippen LogP contribution in [0.3, 0.4) is 0 Å². The molecule has 1 N–H and O–H groups in total. The molecule has 2 aromatic rings. The molecule has 0 atom stereocenters. The quantitative estimate of drug-likeness (QED) is 0.379. The zero-order valence-corrected chi connectivity index (χ0v) is 11.7. The number of aromatic nitrogens is 2. The summed E-state index contributed by atoms with van der Waals surface area (Å²) in [7, 11) is 0. The normalized spacial score (nSPS) is 10.9. The lowest BCUT2D eigenvalue weighted by atomic mass is 10.3. The summed E-state index contributed by atoms with van der Waals surface area (Å²) in [5.41, 5.74) is 1.46. The van der Waals surface area contributed by atoms with Gasteiger partial charge in [-0.1, -0.05) is 12.0 Å². The first-order valence-electron chi connectivity index (χ1n) is 5.52. The Labute approximate surface area is 117 Å². The predicted octanol–water partition coefficient (Wildman–Crippen LogP) is 2.00. The van der Waals surface area contributed by atoms with Crippen molar-refractivity contribution in [3.63, 3.8) is 0 Å². The van der Waals surface area contributed by atoms with Crippen molar-refractivity contribution in [2.75, 3.05) is 11.6 Å². The minimum absolute atomic E-state index is 0.243. The molecule has 0 spiro atoms. The van der Waals surface area contributed by atoms with Crippen molar-refractivity contribution in [1.29, 1.82) is 0 Å². The maximum atomic E-state index is 11.2. The third-order valence-electron chi connectivity index (χ3n) is 2.61. The second-order valence-electron chi connectivity index (χ2n) is 3.71. The molecular formula is C11H12BrN3O4. The summed E-state index contributed by atoms with van der Waals surface area (Å²) < 4.78 is 2.62. The second-order valence-corrected chi connectivity index (χ2v) is 4.62. The number of anilines is 1. The van der Waals surface area contributed by atoms with E-state index in [1.807, 2.05) is 19.1 Å². The smallest absolute Gasteiger partial charge is 0.217 e. The largest absolute Gasteiger partial charge is 0.285 e. The van der Waals surface area contributed by atoms with Crippen LogP contribution in [0.1, 0.15) is 12.6 Å². The minimum atomic E-state index is -0.243. The number of fused-ring (bicyclic) bond motifs is 1. The molecule has 0 aliphatic carbocycles. The molecule has 2 aromatic heterocycles. The van der Waals surface area contributed by atoms with Gasteiger partial charge in [-0.15, -0.1) is 0 Å². The van der Waals surface area contributed by atoms with Gasteiger partial charge in [0.15, 0.2) is 6.73 Å². The first-order chi connectivity index (χ1) is 9.21. The van der Waals surface area contributed by atoms with E-state index < -0.39 is 0 Å². The highest BCUT2D eigenvalue weighted by atomic mass is 79.9. The standard InChI is InChI=1S/C11H12BrN3O4/c1-2-9-11(14(6-16)7-18-19-17)15-5-8(12)3-4-10(15)13-9/h3-6,17H,2,7H2,1H3. The zero-order chi connectivity index (χ0) is 13.8. The fourth-order valence-electron chi connectivity index (χ4n) is 1.82. The maximum absolute atomic E-state index is 11.2. The van der Waals surface area contributed by atoms with Crippen molar-refractivity contribution in [3.8, 4) is 0 Å². The van der Waals surface area contributed by atoms with E-state index >= 15 is 0 Å². The van der Waals surface area contributed by atoms with Gasteiger partial charge in [-0.3, -0.25) is 14.1 Å². The number of pyridine rings is 1. The van der Waals surface area contributed by atoms with Crippen LogP contribution in [0.4, 0.5) is 5.82 Å². The van der Waals surface area contributed by atoms with Crippen LogP contribution < -0.4 is 4.90 Å². The molecule has 0 aliphatic rings. The number of nitrogens with zero attached hydrogens (tertiary/aromatic N) is 3. The monoisotopic (exact) mass is 329 g/mol. The third kappa shape index (κ3) is 2.76. The van der Waals surface area contributed by atoms with E-state index in [0.29, 0.717) is 24.3 Å². The second kappa shape index (κ2) is 6.11. The SMILES string of the molecule is CCc1nc2ccc(Br)cn2c1N(C=O)COOO. The highest BCUT2D eigenvalue weighted by Gasteiger charge is 2.18. The molecule has 1 amide bonds. The average molecular weight is 330 g/mol. The Morgan fingerprint density at radius 3 is 3.00 bits per heavy atom. The van der Waals surface area contributed by atoms with Crippen LogP contribution in [-0.2, 0) is 21.1 Å². The molecule has 2 rings (SSSR count). The molecule has 0 saturated carbocycles. The van der Waals surface area contributed by atoms with E-state index in [1.165, 1.54) is 4.90 Å². The average Bonchev–Trinajstić information content (AvgIpc) is 2.78. The summed E-state index contributed by atoms with van der Waals surface area (Å²) in [6.45, 7) is 1.69. The lowest BCUT2D eigenvalue weighted by Crippen LogP contribution is -2.26. The number of carbonyl (C=O) groups excluding carboxylic acids is 1. The first kappa shape index (κ1) is 13.9. The molecule has 8 heteroatoms. The van der Waals surface area contributed by atoms with E-state index in [0.717, 1.165) is 10.2 Å². The highest BCUT2D eigenvalue weighted by Crippen LogP contribution is 2.24. The fourth-order valence-corrected chi connectivity index (χ4v) is 2.16. The van der Waals surface area contributed by atoms with Gasteiger partial charge in [0, 0.05) is 10.7 Å². The molecule has 0 saturated heterocycles. The number of hydrogen-bond acceptors (Lipinski definition) is 5. The fraction of sp³-hybridized carbons (Fsp3) is 0.273. The first-order valence-corrected chi connectivity index (χ1v) is 6.32. The molecule has 0 aromatic carbocycles. The van der Waals surface area contributed by atoms with E-state index in [2.05, 4.69) is 30.8 Å². The molecule has 0 fully saturated rings. The Morgan fingerprint density at radius 1 is 1.58 bits per heavy atom. The van der Waals surface area contributed by atoms with Gasteiger partial charge in [0.05, 0.1) is 5.69 Å². The van der Waals surface area contributed by atoms with Gasteiger partial charge in [-0.2, -0.15) is 4.89 Å². The summed E-state index contributed by atoms with van der Waals surface area (Å²) in [5, 5.41) is 11.7. The molecule has 0 unspecified atom stereocenters. The van der Waals surface area contributed by atoms with Crippen molar-refractivity contribution in [2.45, 2.75) is 13.3 Å². The lowest BCUT2D eigenvalue weighted by molar-refractivity contribution is -0.489. The summed E-state index contributed by atoms with van der Waals surface area (Å²) in [6, 6.07) is 3.70. The van der Waals surface area contributed by atoms with Crippen molar-refractivity contribution in [1.82, 2.24) is 9.38 Å². The number of amides is 1. The Hall–Kier alpha value is -1.48. The molecular weight excluding hydrogens is 318 g/mol. The molecule has 2 heterocycles. The van der Waals surface area contributed by atoms with Gasteiger partial charge in [0.25, 0.3) is 0 Å². The highest BCUT2D eigenvalue weighted by molar-refractivity contribution is 9.10. The number of rotatable bonds is 6. The van der Waals surface area contributed by atoms with Crippen molar-refractivity contribution in [2.24, 2.45) is 0 Å². The van der Waals surface area contributed by atoms with Gasteiger partial charge in [-0.05, 0) is 34.5 Å². The van der Waals surface area contributed by atoms with Crippen LogP contribution in [0.2, 0.25) is 0 Å². The molecule has 19 heavy (non-hydrogen) atoms. The zero-order valence-electron chi connectivity index (χ0n) is 10.1. The van der Waals surface area contributed by atoms with Gasteiger partial charge in [0.1, 0.15) is 11.5 Å². The number of halogens is 1. The van der Waals surface area contributed by atoms with Crippen LogP contribution in [0.15, 0.2) is 22.8 Å². The van der Waals surface area contributed by atoms with Crippen molar-refractivity contribution < 1.29 is 20.0 Å². The summed E-state index contributed by atoms with van der Waals surface area (Å²) in [5.74, 6) is 0.575. The predicted molar refractivity (Wildman–Crippen MR) is 70.5 cm³/mol. The van der Waals surface area contributed by atoms with Gasteiger partial charge < -0.3 is 0 Å². The number of imidazole rings is 1. The van der Waals surface area contributed by atoms with E-state index in [4.69, 9.17) is 5.26 Å². The molecule has 102 valence electrons. The molecule has 0 radical (unpaired) electrons. The lowest BCUT2D eigenvalue weighted by Gasteiger charge is -2.16. The number of carbonyl (C=O) groups is 1. The Kier molecular flexibility index (Phi) is 4.48. The molecule has 0 aliphatic heterocycles. The van der Waals surface area contributed by atoms with Crippen LogP contribution in [0, 0.1) is 0 Å². The summed E-state index contributed by atoms with van der Waals surface area (Å²) >= 11 is 3.37. The Bertz CT molecular complexity index is 587. The van der Waals surface area contributed by atoms with Crippen molar-refractivity contribution >= 4 is 33.8 Å². The minimum Gasteiger partial charge on any atom is -0.285 e. The van der Waals surface area contributed by atoms with Crippen molar-refractivity contribution in [3.05, 3.63) is 28.5 Å². The van der Waals surface area contributed by atoms with Crippen LogP contribution in [-0.4, -0.2) is 27.8 Å². The number of aryl methyl sites for hydroxylation is 1. The Balaban J connectivity index is 2.54. The molecule has 0 bridgehead atoms. The van der Waals surface area contributed by atoms with Crippen LogP contribution in [0.5, 0.6) is 0 Å². The molecule has 7 nitrogen and oxygen atoms in total. The third-order valence-corrected chi connectivity index (χ3v) is 3.07. The summed E-state index contributed by atoms with van der Waals surface area (Å²) in [4.78, 5) is 21.2.